The van der Waals surface area contributed by atoms with Crippen LogP contribution in [0.3, 0.4) is 0 Å². The molecule has 102 valence electrons. The second kappa shape index (κ2) is 5.16. The van der Waals surface area contributed by atoms with Crippen LogP contribution in [0.5, 0.6) is 0 Å². The summed E-state index contributed by atoms with van der Waals surface area (Å²) in [6, 6.07) is 5.40. The lowest BCUT2D eigenvalue weighted by Gasteiger charge is -2.18. The quantitative estimate of drug-likeness (QED) is 0.832. The maximum atomic E-state index is 11.3. The molecular weight excluding hydrogens is 306 g/mol. The Hall–Kier alpha value is -1.03. The molecule has 2 aliphatic rings. The van der Waals surface area contributed by atoms with E-state index in [2.05, 4.69) is 21.2 Å². The highest BCUT2D eigenvalue weighted by atomic mass is 79.9. The smallest absolute Gasteiger partial charge is 0.337 e. The molecule has 0 heterocycles. The third-order valence-electron chi connectivity index (χ3n) is 4.20. The minimum Gasteiger partial charge on any atom is -0.478 e. The van der Waals surface area contributed by atoms with Crippen LogP contribution in [-0.4, -0.2) is 17.6 Å². The fraction of sp³-hybridized carbons (Fsp3) is 0.533. The van der Waals surface area contributed by atoms with Crippen molar-refractivity contribution >= 4 is 27.6 Å². The molecule has 0 bridgehead atoms. The van der Waals surface area contributed by atoms with Crippen molar-refractivity contribution in [2.45, 2.75) is 25.7 Å². The Morgan fingerprint density at radius 1 is 1.32 bits per heavy atom. The molecule has 4 heteroatoms. The molecule has 2 N–H and O–H groups in total. The number of carbonyl (C=O) groups is 1. The van der Waals surface area contributed by atoms with E-state index in [0.717, 1.165) is 34.5 Å². The first kappa shape index (κ1) is 13.0. The third kappa shape index (κ3) is 3.11. The molecule has 0 aromatic heterocycles. The summed E-state index contributed by atoms with van der Waals surface area (Å²) in [5.74, 6) is 1.62. The fourth-order valence-corrected chi connectivity index (χ4v) is 3.20. The van der Waals surface area contributed by atoms with Crippen molar-refractivity contribution in [3.05, 3.63) is 28.2 Å². The number of rotatable bonds is 6. The zero-order valence-corrected chi connectivity index (χ0v) is 12.3. The molecule has 0 aliphatic heterocycles. The van der Waals surface area contributed by atoms with E-state index in [1.165, 1.54) is 25.7 Å². The summed E-state index contributed by atoms with van der Waals surface area (Å²) < 4.78 is 0.802. The van der Waals surface area contributed by atoms with Crippen molar-refractivity contribution in [1.29, 1.82) is 0 Å². The first-order chi connectivity index (χ1) is 9.15. The van der Waals surface area contributed by atoms with Crippen LogP contribution in [0.2, 0.25) is 0 Å². The van der Waals surface area contributed by atoms with Crippen molar-refractivity contribution in [3.8, 4) is 0 Å². The van der Waals surface area contributed by atoms with Gasteiger partial charge in [0.1, 0.15) is 0 Å². The van der Waals surface area contributed by atoms with Crippen LogP contribution in [0.1, 0.15) is 36.0 Å². The van der Waals surface area contributed by atoms with Crippen LogP contribution < -0.4 is 5.32 Å². The fourth-order valence-electron chi connectivity index (χ4n) is 2.84. The predicted octanol–water partition coefficient (Wildman–Crippen LogP) is 4.00. The molecule has 0 amide bonds. The largest absolute Gasteiger partial charge is 0.478 e. The maximum Gasteiger partial charge on any atom is 0.337 e. The number of anilines is 1. The number of hydrogen-bond donors (Lipinski definition) is 2. The number of benzene rings is 1. The summed E-state index contributed by atoms with van der Waals surface area (Å²) >= 11 is 3.32. The van der Waals surface area contributed by atoms with E-state index in [1.807, 2.05) is 12.1 Å². The Morgan fingerprint density at radius 3 is 2.47 bits per heavy atom. The highest BCUT2D eigenvalue weighted by Gasteiger charge is 2.41. The third-order valence-corrected chi connectivity index (χ3v) is 4.69. The first-order valence-corrected chi connectivity index (χ1v) is 7.71. The van der Waals surface area contributed by atoms with Gasteiger partial charge < -0.3 is 10.4 Å². The minimum absolute atomic E-state index is 0.347. The Kier molecular flexibility index (Phi) is 3.52. The van der Waals surface area contributed by atoms with Gasteiger partial charge >= 0.3 is 5.97 Å². The van der Waals surface area contributed by atoms with Gasteiger partial charge in [-0.15, -0.1) is 0 Å². The van der Waals surface area contributed by atoms with Gasteiger partial charge in [0.15, 0.2) is 0 Å². The van der Waals surface area contributed by atoms with Crippen LogP contribution in [0.15, 0.2) is 22.7 Å². The van der Waals surface area contributed by atoms with E-state index in [0.29, 0.717) is 5.56 Å². The molecule has 2 aliphatic carbocycles. The number of nitrogens with one attached hydrogen (secondary N) is 1. The molecule has 0 unspecified atom stereocenters. The average Bonchev–Trinajstić information content (AvgIpc) is 3.25. The lowest BCUT2D eigenvalue weighted by molar-refractivity contribution is 0.0698. The summed E-state index contributed by atoms with van der Waals surface area (Å²) in [6.07, 6.45) is 5.42. The van der Waals surface area contributed by atoms with Gasteiger partial charge in [-0.05, 0) is 61.6 Å². The van der Waals surface area contributed by atoms with E-state index in [1.54, 1.807) is 6.07 Å². The second-order valence-electron chi connectivity index (χ2n) is 5.71. The molecule has 19 heavy (non-hydrogen) atoms. The Bertz CT molecular complexity index is 483. The van der Waals surface area contributed by atoms with Gasteiger partial charge in [-0.25, -0.2) is 4.79 Å². The lowest BCUT2D eigenvalue weighted by Crippen LogP contribution is -2.19. The first-order valence-electron chi connectivity index (χ1n) is 6.92. The molecule has 1 aromatic rings. The van der Waals surface area contributed by atoms with Crippen LogP contribution in [0, 0.1) is 17.8 Å². The van der Waals surface area contributed by atoms with Crippen LogP contribution in [0.4, 0.5) is 5.69 Å². The van der Waals surface area contributed by atoms with E-state index in [9.17, 15) is 9.90 Å². The molecule has 3 nitrogen and oxygen atoms in total. The van der Waals surface area contributed by atoms with Gasteiger partial charge in [-0.3, -0.25) is 0 Å². The molecule has 0 atom stereocenters. The van der Waals surface area contributed by atoms with E-state index in [4.69, 9.17) is 0 Å². The summed E-state index contributed by atoms with van der Waals surface area (Å²) in [4.78, 5) is 11.3. The standard InChI is InChI=1S/C15H18BrNO2/c16-11-5-6-14(12(7-11)15(18)19)17-8-13(9-1-2-9)10-3-4-10/h5-7,9-10,13,17H,1-4,8H2,(H,18,19). The molecule has 0 spiro atoms. The van der Waals surface area contributed by atoms with Gasteiger partial charge in [0.25, 0.3) is 0 Å². The SMILES string of the molecule is O=C(O)c1cc(Br)ccc1NCC(C1CC1)C1CC1. The molecule has 1 aromatic carbocycles. The van der Waals surface area contributed by atoms with Crippen molar-refractivity contribution in [3.63, 3.8) is 0 Å². The van der Waals surface area contributed by atoms with Crippen LogP contribution >= 0.6 is 15.9 Å². The van der Waals surface area contributed by atoms with E-state index in [-0.39, 0.29) is 0 Å². The summed E-state index contributed by atoms with van der Waals surface area (Å²) in [5.41, 5.74) is 1.08. The number of aromatic carboxylic acids is 1. The van der Waals surface area contributed by atoms with Crippen LogP contribution in [-0.2, 0) is 0 Å². The van der Waals surface area contributed by atoms with E-state index < -0.39 is 5.97 Å². The monoisotopic (exact) mass is 323 g/mol. The number of carboxylic acids is 1. The predicted molar refractivity (Wildman–Crippen MR) is 78.5 cm³/mol. The van der Waals surface area contributed by atoms with Gasteiger partial charge in [-0.2, -0.15) is 0 Å². The molecule has 2 saturated carbocycles. The van der Waals surface area contributed by atoms with Gasteiger partial charge in [-0.1, -0.05) is 15.9 Å². The second-order valence-corrected chi connectivity index (χ2v) is 6.63. The molecular formula is C15H18BrNO2. The normalized spacial score (nSPS) is 18.6. The summed E-state index contributed by atoms with van der Waals surface area (Å²) in [6.45, 7) is 0.914. The Labute approximate surface area is 121 Å². The highest BCUT2D eigenvalue weighted by molar-refractivity contribution is 9.10. The Morgan fingerprint density at radius 2 is 1.95 bits per heavy atom. The minimum atomic E-state index is -0.877. The van der Waals surface area contributed by atoms with Crippen molar-refractivity contribution in [2.75, 3.05) is 11.9 Å². The van der Waals surface area contributed by atoms with Gasteiger partial charge in [0.2, 0.25) is 0 Å². The molecule has 0 radical (unpaired) electrons. The zero-order valence-electron chi connectivity index (χ0n) is 10.7. The lowest BCUT2D eigenvalue weighted by atomic mass is 9.97. The van der Waals surface area contributed by atoms with E-state index >= 15 is 0 Å². The zero-order chi connectivity index (χ0) is 13.4. The molecule has 2 fully saturated rings. The van der Waals surface area contributed by atoms with Crippen molar-refractivity contribution in [2.24, 2.45) is 17.8 Å². The number of carboxylic acid groups (broad SMARTS) is 1. The van der Waals surface area contributed by atoms with Crippen molar-refractivity contribution in [1.82, 2.24) is 0 Å². The summed E-state index contributed by atoms with van der Waals surface area (Å²) in [7, 11) is 0. The van der Waals surface area contributed by atoms with Crippen LogP contribution in [0.25, 0.3) is 0 Å². The molecule has 0 saturated heterocycles. The molecule has 3 rings (SSSR count). The van der Waals surface area contributed by atoms with Gasteiger partial charge in [0.05, 0.1) is 5.56 Å². The summed E-state index contributed by atoms with van der Waals surface area (Å²) in [5, 5.41) is 12.6. The maximum absolute atomic E-state index is 11.3. The number of halogens is 1. The van der Waals surface area contributed by atoms with Gasteiger partial charge in [0, 0.05) is 16.7 Å². The topological polar surface area (TPSA) is 49.3 Å². The highest BCUT2D eigenvalue weighted by Crippen LogP contribution is 2.49. The average molecular weight is 324 g/mol. The number of hydrogen-bond acceptors (Lipinski definition) is 2. The van der Waals surface area contributed by atoms with Crippen molar-refractivity contribution < 1.29 is 9.90 Å². The Balaban J connectivity index is 1.70.